The van der Waals surface area contributed by atoms with Gasteiger partial charge in [-0.25, -0.2) is 0 Å². The summed E-state index contributed by atoms with van der Waals surface area (Å²) in [6.45, 7) is 3.89. The number of furan rings is 1. The molecule has 0 saturated carbocycles. The molecule has 1 atom stereocenters. The number of aryl methyl sites for hydroxylation is 1. The molecule has 25 heavy (non-hydrogen) atoms. The Morgan fingerprint density at radius 3 is 2.68 bits per heavy atom. The van der Waals surface area contributed by atoms with Crippen molar-refractivity contribution in [2.24, 2.45) is 0 Å². The molecule has 1 unspecified atom stereocenters. The standard InChI is InChI=1S/C20H20N2O3/c1-14-7-6-8-16(21-14)13-15(2)22-20(23)18-11-12-19(25-18)24-17-9-4-3-5-10-17/h3-12,15H,13H2,1-2H3,(H,22,23). The summed E-state index contributed by atoms with van der Waals surface area (Å²) in [5, 5.41) is 2.91. The highest BCUT2D eigenvalue weighted by Crippen LogP contribution is 2.23. The average Bonchev–Trinajstić information content (AvgIpc) is 3.04. The van der Waals surface area contributed by atoms with Crippen molar-refractivity contribution in [3.05, 3.63) is 77.8 Å². The molecule has 128 valence electrons. The van der Waals surface area contributed by atoms with Crippen LogP contribution in [0.4, 0.5) is 0 Å². The third kappa shape index (κ3) is 4.70. The van der Waals surface area contributed by atoms with Gasteiger partial charge in [0.15, 0.2) is 5.76 Å². The number of pyridine rings is 1. The van der Waals surface area contributed by atoms with Gasteiger partial charge in [-0.1, -0.05) is 24.3 Å². The molecule has 0 saturated heterocycles. The molecule has 1 N–H and O–H groups in total. The molecule has 0 spiro atoms. The molecule has 0 fully saturated rings. The van der Waals surface area contributed by atoms with Crippen LogP contribution in [-0.4, -0.2) is 16.9 Å². The van der Waals surface area contributed by atoms with Crippen molar-refractivity contribution in [2.45, 2.75) is 26.3 Å². The number of para-hydroxylation sites is 1. The Bertz CT molecular complexity index is 843. The second-order valence-corrected chi connectivity index (χ2v) is 5.88. The van der Waals surface area contributed by atoms with E-state index in [2.05, 4.69) is 10.3 Å². The number of nitrogens with zero attached hydrogens (tertiary/aromatic N) is 1. The zero-order valence-electron chi connectivity index (χ0n) is 14.2. The molecule has 2 aromatic heterocycles. The number of nitrogens with one attached hydrogen (secondary N) is 1. The van der Waals surface area contributed by atoms with Crippen LogP contribution < -0.4 is 10.1 Å². The first kappa shape index (κ1) is 16.8. The van der Waals surface area contributed by atoms with E-state index in [-0.39, 0.29) is 23.7 Å². The molecule has 3 rings (SSSR count). The summed E-state index contributed by atoms with van der Waals surface area (Å²) in [7, 11) is 0. The second-order valence-electron chi connectivity index (χ2n) is 5.88. The third-order valence-electron chi connectivity index (χ3n) is 3.61. The summed E-state index contributed by atoms with van der Waals surface area (Å²) in [5.74, 6) is 0.880. The average molecular weight is 336 g/mol. The highest BCUT2D eigenvalue weighted by molar-refractivity contribution is 5.91. The first-order chi connectivity index (χ1) is 12.1. The highest BCUT2D eigenvalue weighted by Gasteiger charge is 2.15. The molecule has 5 heteroatoms. The van der Waals surface area contributed by atoms with Crippen LogP contribution in [0.5, 0.6) is 11.7 Å². The maximum atomic E-state index is 12.3. The minimum atomic E-state index is -0.275. The summed E-state index contributed by atoms with van der Waals surface area (Å²) in [6.07, 6.45) is 0.654. The lowest BCUT2D eigenvalue weighted by Crippen LogP contribution is -2.34. The molecule has 0 aliphatic heterocycles. The van der Waals surface area contributed by atoms with E-state index < -0.39 is 0 Å². The van der Waals surface area contributed by atoms with Crippen molar-refractivity contribution in [3.63, 3.8) is 0 Å². The van der Waals surface area contributed by atoms with Crippen molar-refractivity contribution in [3.8, 4) is 11.7 Å². The summed E-state index contributed by atoms with van der Waals surface area (Å²) in [4.78, 5) is 16.7. The Morgan fingerprint density at radius 1 is 1.12 bits per heavy atom. The molecular weight excluding hydrogens is 316 g/mol. The largest absolute Gasteiger partial charge is 0.426 e. The first-order valence-corrected chi connectivity index (χ1v) is 8.16. The van der Waals surface area contributed by atoms with E-state index >= 15 is 0 Å². The van der Waals surface area contributed by atoms with Crippen LogP contribution in [0.25, 0.3) is 0 Å². The van der Waals surface area contributed by atoms with Gasteiger partial charge >= 0.3 is 0 Å². The molecule has 0 radical (unpaired) electrons. The van der Waals surface area contributed by atoms with Crippen molar-refractivity contribution in [2.75, 3.05) is 0 Å². The summed E-state index contributed by atoms with van der Waals surface area (Å²) in [6, 6.07) is 18.3. The van der Waals surface area contributed by atoms with Crippen LogP contribution in [0, 0.1) is 6.92 Å². The van der Waals surface area contributed by atoms with Gasteiger partial charge < -0.3 is 14.5 Å². The lowest BCUT2D eigenvalue weighted by Gasteiger charge is -2.12. The van der Waals surface area contributed by atoms with E-state index in [9.17, 15) is 4.79 Å². The van der Waals surface area contributed by atoms with Crippen molar-refractivity contribution in [1.29, 1.82) is 0 Å². The van der Waals surface area contributed by atoms with Gasteiger partial charge in [0.25, 0.3) is 11.9 Å². The minimum Gasteiger partial charge on any atom is -0.426 e. The quantitative estimate of drug-likeness (QED) is 0.735. The molecule has 1 aromatic carbocycles. The van der Waals surface area contributed by atoms with E-state index in [0.717, 1.165) is 11.4 Å². The number of hydrogen-bond acceptors (Lipinski definition) is 4. The van der Waals surface area contributed by atoms with Gasteiger partial charge in [0.05, 0.1) is 0 Å². The van der Waals surface area contributed by atoms with Crippen LogP contribution in [0.3, 0.4) is 0 Å². The molecular formula is C20H20N2O3. The fraction of sp³-hybridized carbons (Fsp3) is 0.200. The fourth-order valence-corrected chi connectivity index (χ4v) is 2.47. The number of aromatic nitrogens is 1. The number of carbonyl (C=O) groups excluding carboxylic acids is 1. The number of rotatable bonds is 6. The molecule has 0 aliphatic rings. The molecule has 5 nitrogen and oxygen atoms in total. The summed E-state index contributed by atoms with van der Waals surface area (Å²) < 4.78 is 11.0. The van der Waals surface area contributed by atoms with Gasteiger partial charge in [-0.05, 0) is 44.2 Å². The smallest absolute Gasteiger partial charge is 0.290 e. The molecule has 3 aromatic rings. The molecule has 0 aliphatic carbocycles. The summed E-state index contributed by atoms with van der Waals surface area (Å²) in [5.41, 5.74) is 1.91. The van der Waals surface area contributed by atoms with E-state index in [1.165, 1.54) is 0 Å². The van der Waals surface area contributed by atoms with Crippen LogP contribution in [-0.2, 0) is 6.42 Å². The van der Waals surface area contributed by atoms with Crippen LogP contribution in [0.15, 0.2) is 65.1 Å². The van der Waals surface area contributed by atoms with Crippen molar-refractivity contribution in [1.82, 2.24) is 10.3 Å². The SMILES string of the molecule is Cc1cccc(CC(C)NC(=O)c2ccc(Oc3ccccc3)o2)n1. The van der Waals surface area contributed by atoms with Crippen molar-refractivity contribution < 1.29 is 13.9 Å². The van der Waals surface area contributed by atoms with E-state index in [4.69, 9.17) is 9.15 Å². The van der Waals surface area contributed by atoms with Gasteiger partial charge in [-0.3, -0.25) is 9.78 Å². The predicted octanol–water partition coefficient (Wildman–Crippen LogP) is 4.14. The fourth-order valence-electron chi connectivity index (χ4n) is 2.47. The molecule has 2 heterocycles. The zero-order chi connectivity index (χ0) is 17.6. The number of benzene rings is 1. The Kier molecular flexibility index (Phi) is 5.14. The lowest BCUT2D eigenvalue weighted by atomic mass is 10.1. The van der Waals surface area contributed by atoms with E-state index in [1.807, 2.05) is 62.4 Å². The van der Waals surface area contributed by atoms with E-state index in [0.29, 0.717) is 12.2 Å². The van der Waals surface area contributed by atoms with Gasteiger partial charge in [0, 0.05) is 29.9 Å². The van der Waals surface area contributed by atoms with E-state index in [1.54, 1.807) is 12.1 Å². The Hall–Kier alpha value is -3.08. The van der Waals surface area contributed by atoms with Gasteiger partial charge in [0.1, 0.15) is 5.75 Å². The Balaban J connectivity index is 1.58. The maximum absolute atomic E-state index is 12.3. The van der Waals surface area contributed by atoms with Gasteiger partial charge in [-0.15, -0.1) is 0 Å². The first-order valence-electron chi connectivity index (χ1n) is 8.16. The minimum absolute atomic E-state index is 0.0645. The van der Waals surface area contributed by atoms with Crippen LogP contribution >= 0.6 is 0 Å². The second kappa shape index (κ2) is 7.66. The molecule has 0 bridgehead atoms. The third-order valence-corrected chi connectivity index (χ3v) is 3.61. The zero-order valence-corrected chi connectivity index (χ0v) is 14.2. The Morgan fingerprint density at radius 2 is 1.92 bits per heavy atom. The normalized spacial score (nSPS) is 11.8. The maximum Gasteiger partial charge on any atom is 0.290 e. The highest BCUT2D eigenvalue weighted by atomic mass is 16.6. The van der Waals surface area contributed by atoms with Crippen LogP contribution in [0.2, 0.25) is 0 Å². The number of carbonyl (C=O) groups is 1. The number of hydrogen-bond donors (Lipinski definition) is 1. The number of amides is 1. The van der Waals surface area contributed by atoms with Gasteiger partial charge in [0.2, 0.25) is 0 Å². The monoisotopic (exact) mass is 336 g/mol. The van der Waals surface area contributed by atoms with Crippen LogP contribution in [0.1, 0.15) is 28.9 Å². The van der Waals surface area contributed by atoms with Crippen molar-refractivity contribution >= 4 is 5.91 Å². The Labute approximate surface area is 146 Å². The summed E-state index contributed by atoms with van der Waals surface area (Å²) >= 11 is 0. The lowest BCUT2D eigenvalue weighted by molar-refractivity contribution is 0.0907. The number of ether oxygens (including phenoxy) is 1. The topological polar surface area (TPSA) is 64.4 Å². The predicted molar refractivity (Wildman–Crippen MR) is 94.8 cm³/mol. The van der Waals surface area contributed by atoms with Gasteiger partial charge in [-0.2, -0.15) is 0 Å². The molecule has 1 amide bonds.